The quantitative estimate of drug-likeness (QED) is 0.751. The third kappa shape index (κ3) is 2.26. The van der Waals surface area contributed by atoms with E-state index in [2.05, 4.69) is 25.3 Å². The summed E-state index contributed by atoms with van der Waals surface area (Å²) in [5.74, 6) is 0.491. The van der Waals surface area contributed by atoms with Crippen molar-refractivity contribution in [1.29, 1.82) is 0 Å². The van der Waals surface area contributed by atoms with E-state index in [1.807, 2.05) is 0 Å². The van der Waals surface area contributed by atoms with Gasteiger partial charge in [-0.25, -0.2) is 19.9 Å². The summed E-state index contributed by atoms with van der Waals surface area (Å²) in [6, 6.07) is 0. The van der Waals surface area contributed by atoms with Crippen molar-refractivity contribution in [3.8, 4) is 0 Å². The number of anilines is 2. The molecule has 0 aliphatic rings. The number of nitrogens with one attached hydrogen (secondary N) is 1. The largest absolute Gasteiger partial charge is 0.388 e. The van der Waals surface area contributed by atoms with Crippen molar-refractivity contribution in [3.05, 3.63) is 36.8 Å². The van der Waals surface area contributed by atoms with Crippen LogP contribution in [0.15, 0.2) is 31.1 Å². The summed E-state index contributed by atoms with van der Waals surface area (Å²) in [6.45, 7) is 0. The van der Waals surface area contributed by atoms with Gasteiger partial charge in [0.05, 0.1) is 18.1 Å². The van der Waals surface area contributed by atoms with Gasteiger partial charge in [0.25, 0.3) is 0 Å². The molecule has 80 valence electrons. The van der Waals surface area contributed by atoms with Crippen molar-refractivity contribution < 1.29 is 0 Å². The minimum absolute atomic E-state index is 0.187. The fourth-order valence-electron chi connectivity index (χ4n) is 1.11. The molecule has 0 unspecified atom stereocenters. The third-order valence-corrected chi connectivity index (χ3v) is 1.95. The summed E-state index contributed by atoms with van der Waals surface area (Å²) >= 11 is 4.87. The van der Waals surface area contributed by atoms with E-state index in [0.29, 0.717) is 17.2 Å². The predicted octanol–water partition coefficient (Wildman–Crippen LogP) is 0.644. The Morgan fingerprint density at radius 3 is 2.56 bits per heavy atom. The lowest BCUT2D eigenvalue weighted by Crippen LogP contribution is -2.15. The van der Waals surface area contributed by atoms with Crippen LogP contribution in [0.25, 0.3) is 0 Å². The highest BCUT2D eigenvalue weighted by Gasteiger charge is 2.07. The minimum atomic E-state index is 0.187. The molecule has 6 nitrogen and oxygen atoms in total. The van der Waals surface area contributed by atoms with Gasteiger partial charge in [0.2, 0.25) is 0 Å². The zero-order chi connectivity index (χ0) is 11.4. The Morgan fingerprint density at radius 1 is 1.19 bits per heavy atom. The first-order valence-electron chi connectivity index (χ1n) is 4.40. The summed E-state index contributed by atoms with van der Waals surface area (Å²) in [6.07, 6.45) is 7.75. The first-order valence-corrected chi connectivity index (χ1v) is 4.81. The highest BCUT2D eigenvalue weighted by molar-refractivity contribution is 7.80. The average Bonchev–Trinajstić information content (AvgIpc) is 2.31. The molecule has 2 heterocycles. The van der Waals surface area contributed by atoms with E-state index in [-0.39, 0.29) is 4.99 Å². The number of thiocarbonyl (C=S) groups is 1. The molecule has 0 fully saturated rings. The van der Waals surface area contributed by atoms with Crippen LogP contribution in [0.4, 0.5) is 11.5 Å². The molecular weight excluding hydrogens is 224 g/mol. The van der Waals surface area contributed by atoms with Crippen LogP contribution in [0.5, 0.6) is 0 Å². The molecule has 0 atom stereocenters. The molecule has 0 amide bonds. The van der Waals surface area contributed by atoms with Crippen LogP contribution in [0.2, 0.25) is 0 Å². The molecular formula is C9H8N6S. The first-order chi connectivity index (χ1) is 7.77. The Bertz CT molecular complexity index is 500. The van der Waals surface area contributed by atoms with Crippen LogP contribution >= 0.6 is 12.2 Å². The lowest BCUT2D eigenvalue weighted by atomic mass is 10.4. The van der Waals surface area contributed by atoms with Crippen molar-refractivity contribution >= 4 is 28.7 Å². The van der Waals surface area contributed by atoms with E-state index in [4.69, 9.17) is 18.0 Å². The maximum atomic E-state index is 5.53. The lowest BCUT2D eigenvalue weighted by molar-refractivity contribution is 1.14. The van der Waals surface area contributed by atoms with Crippen LogP contribution in [0.1, 0.15) is 5.69 Å². The smallest absolute Gasteiger partial charge is 0.159 e. The Morgan fingerprint density at radius 2 is 1.88 bits per heavy atom. The SMILES string of the molecule is NC(=S)c1nccnc1Nc1cncnc1. The van der Waals surface area contributed by atoms with Gasteiger partial charge in [-0.2, -0.15) is 0 Å². The molecule has 0 spiro atoms. The van der Waals surface area contributed by atoms with Crippen molar-refractivity contribution in [2.45, 2.75) is 0 Å². The highest BCUT2D eigenvalue weighted by atomic mass is 32.1. The second kappa shape index (κ2) is 4.58. The monoisotopic (exact) mass is 232 g/mol. The molecule has 16 heavy (non-hydrogen) atoms. The number of nitrogens with zero attached hydrogens (tertiary/aromatic N) is 4. The Hall–Kier alpha value is -2.15. The van der Waals surface area contributed by atoms with E-state index >= 15 is 0 Å². The van der Waals surface area contributed by atoms with Gasteiger partial charge in [0.1, 0.15) is 17.0 Å². The Labute approximate surface area is 97.0 Å². The molecule has 0 aromatic carbocycles. The van der Waals surface area contributed by atoms with E-state index in [1.54, 1.807) is 18.6 Å². The van der Waals surface area contributed by atoms with Crippen molar-refractivity contribution in [2.75, 3.05) is 5.32 Å². The van der Waals surface area contributed by atoms with Gasteiger partial charge in [-0.1, -0.05) is 12.2 Å². The van der Waals surface area contributed by atoms with Crippen molar-refractivity contribution in [2.24, 2.45) is 5.73 Å². The molecule has 2 aromatic rings. The Kier molecular flexibility index (Phi) is 2.97. The van der Waals surface area contributed by atoms with E-state index in [9.17, 15) is 0 Å². The molecule has 2 rings (SSSR count). The number of nitrogens with two attached hydrogens (primary N) is 1. The summed E-state index contributed by atoms with van der Waals surface area (Å²) < 4.78 is 0. The van der Waals surface area contributed by atoms with E-state index in [0.717, 1.165) is 0 Å². The average molecular weight is 232 g/mol. The summed E-state index contributed by atoms with van der Waals surface area (Å²) in [5.41, 5.74) is 6.67. The summed E-state index contributed by atoms with van der Waals surface area (Å²) in [4.78, 5) is 16.1. The highest BCUT2D eigenvalue weighted by Crippen LogP contribution is 2.14. The van der Waals surface area contributed by atoms with Gasteiger partial charge in [-0.15, -0.1) is 0 Å². The van der Waals surface area contributed by atoms with Gasteiger partial charge < -0.3 is 11.1 Å². The van der Waals surface area contributed by atoms with E-state index < -0.39 is 0 Å². The second-order valence-electron chi connectivity index (χ2n) is 2.87. The predicted molar refractivity (Wildman–Crippen MR) is 63.2 cm³/mol. The summed E-state index contributed by atoms with van der Waals surface area (Å²) in [7, 11) is 0. The number of rotatable bonds is 3. The molecule has 0 aliphatic heterocycles. The molecule has 0 radical (unpaired) electrons. The van der Waals surface area contributed by atoms with E-state index in [1.165, 1.54) is 12.5 Å². The third-order valence-electron chi connectivity index (χ3n) is 1.75. The van der Waals surface area contributed by atoms with Crippen LogP contribution in [0, 0.1) is 0 Å². The van der Waals surface area contributed by atoms with Crippen LogP contribution < -0.4 is 11.1 Å². The van der Waals surface area contributed by atoms with Gasteiger partial charge in [0, 0.05) is 12.4 Å². The fourth-order valence-corrected chi connectivity index (χ4v) is 1.26. The van der Waals surface area contributed by atoms with Gasteiger partial charge in [-0.05, 0) is 0 Å². The summed E-state index contributed by atoms with van der Waals surface area (Å²) in [5, 5.41) is 2.99. The van der Waals surface area contributed by atoms with Gasteiger partial charge >= 0.3 is 0 Å². The van der Waals surface area contributed by atoms with Gasteiger partial charge in [0.15, 0.2) is 5.82 Å². The zero-order valence-electron chi connectivity index (χ0n) is 8.16. The Balaban J connectivity index is 2.31. The maximum Gasteiger partial charge on any atom is 0.159 e. The first kappa shape index (κ1) is 10.4. The standard InChI is InChI=1S/C9H8N6S/c10-8(16)7-9(14-2-1-13-7)15-6-3-11-5-12-4-6/h1-5H,(H2,10,16)(H,14,15). The maximum absolute atomic E-state index is 5.53. The van der Waals surface area contributed by atoms with Crippen LogP contribution in [-0.2, 0) is 0 Å². The van der Waals surface area contributed by atoms with Gasteiger partial charge in [-0.3, -0.25) is 0 Å². The second-order valence-corrected chi connectivity index (χ2v) is 3.31. The topological polar surface area (TPSA) is 89.6 Å². The molecule has 0 saturated heterocycles. The molecule has 2 aromatic heterocycles. The molecule has 3 N–H and O–H groups in total. The van der Waals surface area contributed by atoms with Crippen molar-refractivity contribution in [3.63, 3.8) is 0 Å². The molecule has 0 bridgehead atoms. The zero-order valence-corrected chi connectivity index (χ0v) is 8.98. The fraction of sp³-hybridized carbons (Fsp3) is 0. The number of aromatic nitrogens is 4. The molecule has 0 aliphatic carbocycles. The number of hydrogen-bond donors (Lipinski definition) is 2. The van der Waals surface area contributed by atoms with Crippen LogP contribution in [-0.4, -0.2) is 24.9 Å². The normalized spacial score (nSPS) is 9.75. The van der Waals surface area contributed by atoms with Crippen LogP contribution in [0.3, 0.4) is 0 Å². The lowest BCUT2D eigenvalue weighted by Gasteiger charge is -2.07. The minimum Gasteiger partial charge on any atom is -0.388 e. The van der Waals surface area contributed by atoms with Crippen molar-refractivity contribution in [1.82, 2.24) is 19.9 Å². The molecule has 0 saturated carbocycles. The molecule has 7 heteroatoms. The number of hydrogen-bond acceptors (Lipinski definition) is 6.